The molecule has 1 heterocycles. The first-order valence-electron chi connectivity index (χ1n) is 6.68. The Kier molecular flexibility index (Phi) is 5.47. The van der Waals surface area contributed by atoms with Gasteiger partial charge in [-0.2, -0.15) is 0 Å². The standard InChI is InChI=1S/C16H18BrN3O/c1-20(2)11-13-7-4-3-6-12(13)10-19-16(21)15-14(17)8-5-9-18-15/h3-9H,10-11H2,1-2H3,(H,19,21). The predicted molar refractivity (Wildman–Crippen MR) is 86.9 cm³/mol. The van der Waals surface area contributed by atoms with Gasteiger partial charge in [0.15, 0.2) is 0 Å². The number of amides is 1. The molecule has 0 saturated carbocycles. The number of benzene rings is 1. The highest BCUT2D eigenvalue weighted by Gasteiger charge is 2.11. The minimum Gasteiger partial charge on any atom is -0.347 e. The second kappa shape index (κ2) is 7.33. The van der Waals surface area contributed by atoms with E-state index in [9.17, 15) is 4.79 Å². The van der Waals surface area contributed by atoms with Gasteiger partial charge in [-0.15, -0.1) is 0 Å². The first-order valence-corrected chi connectivity index (χ1v) is 7.47. The number of rotatable bonds is 5. The van der Waals surface area contributed by atoms with E-state index >= 15 is 0 Å². The predicted octanol–water partition coefficient (Wildman–Crippen LogP) is 2.84. The molecular formula is C16H18BrN3O. The van der Waals surface area contributed by atoms with Crippen LogP contribution in [-0.4, -0.2) is 29.9 Å². The molecule has 0 unspecified atom stereocenters. The van der Waals surface area contributed by atoms with Gasteiger partial charge in [-0.1, -0.05) is 24.3 Å². The van der Waals surface area contributed by atoms with Crippen LogP contribution in [0.5, 0.6) is 0 Å². The van der Waals surface area contributed by atoms with Crippen LogP contribution in [-0.2, 0) is 13.1 Å². The molecule has 0 spiro atoms. The summed E-state index contributed by atoms with van der Waals surface area (Å²) in [5, 5.41) is 2.92. The number of nitrogens with zero attached hydrogens (tertiary/aromatic N) is 2. The third-order valence-corrected chi connectivity index (χ3v) is 3.66. The topological polar surface area (TPSA) is 45.2 Å². The normalized spacial score (nSPS) is 10.7. The Balaban J connectivity index is 2.07. The number of hydrogen-bond acceptors (Lipinski definition) is 3. The minimum absolute atomic E-state index is 0.179. The Labute approximate surface area is 133 Å². The van der Waals surface area contributed by atoms with E-state index in [1.807, 2.05) is 38.4 Å². The molecule has 110 valence electrons. The lowest BCUT2D eigenvalue weighted by Gasteiger charge is -2.14. The van der Waals surface area contributed by atoms with Gasteiger partial charge < -0.3 is 10.2 Å². The maximum atomic E-state index is 12.2. The van der Waals surface area contributed by atoms with Crippen molar-refractivity contribution in [3.05, 3.63) is 63.9 Å². The fourth-order valence-corrected chi connectivity index (χ4v) is 2.47. The van der Waals surface area contributed by atoms with Gasteiger partial charge in [0, 0.05) is 23.8 Å². The monoisotopic (exact) mass is 347 g/mol. The lowest BCUT2D eigenvalue weighted by molar-refractivity contribution is 0.0945. The summed E-state index contributed by atoms with van der Waals surface area (Å²) in [6.07, 6.45) is 1.61. The highest BCUT2D eigenvalue weighted by molar-refractivity contribution is 9.10. The molecule has 2 aromatic rings. The summed E-state index contributed by atoms with van der Waals surface area (Å²) in [5.74, 6) is -0.179. The zero-order chi connectivity index (χ0) is 15.2. The molecule has 2 rings (SSSR count). The molecule has 1 aromatic heterocycles. The zero-order valence-corrected chi connectivity index (χ0v) is 13.7. The van der Waals surface area contributed by atoms with E-state index in [1.54, 1.807) is 12.3 Å². The second-order valence-corrected chi connectivity index (χ2v) is 5.88. The summed E-state index contributed by atoms with van der Waals surface area (Å²) >= 11 is 3.34. The number of nitrogens with one attached hydrogen (secondary N) is 1. The van der Waals surface area contributed by atoms with E-state index < -0.39 is 0 Å². The molecule has 5 heteroatoms. The lowest BCUT2D eigenvalue weighted by Crippen LogP contribution is -2.25. The van der Waals surface area contributed by atoms with E-state index in [0.29, 0.717) is 16.7 Å². The maximum absolute atomic E-state index is 12.2. The van der Waals surface area contributed by atoms with Crippen molar-refractivity contribution in [3.8, 4) is 0 Å². The summed E-state index contributed by atoms with van der Waals surface area (Å²) < 4.78 is 0.698. The summed E-state index contributed by atoms with van der Waals surface area (Å²) in [5.41, 5.74) is 2.73. The molecule has 0 bridgehead atoms. The number of hydrogen-bond donors (Lipinski definition) is 1. The van der Waals surface area contributed by atoms with Gasteiger partial charge >= 0.3 is 0 Å². The molecule has 1 N–H and O–H groups in total. The molecule has 1 amide bonds. The number of carbonyl (C=O) groups is 1. The van der Waals surface area contributed by atoms with Crippen molar-refractivity contribution in [1.82, 2.24) is 15.2 Å². The summed E-state index contributed by atoms with van der Waals surface area (Å²) in [7, 11) is 4.06. The average Bonchev–Trinajstić information content (AvgIpc) is 2.46. The number of carbonyl (C=O) groups excluding carboxylic acids is 1. The van der Waals surface area contributed by atoms with Crippen LogP contribution in [0.4, 0.5) is 0 Å². The summed E-state index contributed by atoms with van der Waals surface area (Å²) in [6, 6.07) is 11.7. The van der Waals surface area contributed by atoms with Crippen molar-refractivity contribution in [2.24, 2.45) is 0 Å². The first kappa shape index (κ1) is 15.7. The fourth-order valence-electron chi connectivity index (χ4n) is 2.04. The van der Waals surface area contributed by atoms with Crippen molar-refractivity contribution < 1.29 is 4.79 Å². The third-order valence-electron chi connectivity index (χ3n) is 3.02. The molecule has 0 atom stereocenters. The smallest absolute Gasteiger partial charge is 0.271 e. The van der Waals surface area contributed by atoms with Gasteiger partial charge in [-0.25, -0.2) is 4.98 Å². The van der Waals surface area contributed by atoms with Crippen LogP contribution in [0.25, 0.3) is 0 Å². The van der Waals surface area contributed by atoms with Crippen LogP contribution in [0.1, 0.15) is 21.6 Å². The van der Waals surface area contributed by atoms with Crippen LogP contribution in [0.15, 0.2) is 47.1 Å². The van der Waals surface area contributed by atoms with Crippen LogP contribution in [0, 0.1) is 0 Å². The Morgan fingerprint density at radius 1 is 1.19 bits per heavy atom. The van der Waals surface area contributed by atoms with Crippen LogP contribution < -0.4 is 5.32 Å². The highest BCUT2D eigenvalue weighted by atomic mass is 79.9. The third kappa shape index (κ3) is 4.37. The van der Waals surface area contributed by atoms with Crippen molar-refractivity contribution in [2.75, 3.05) is 14.1 Å². The number of aromatic nitrogens is 1. The van der Waals surface area contributed by atoms with Crippen LogP contribution >= 0.6 is 15.9 Å². The van der Waals surface area contributed by atoms with E-state index in [4.69, 9.17) is 0 Å². The Hall–Kier alpha value is -1.72. The van der Waals surface area contributed by atoms with Crippen molar-refractivity contribution in [2.45, 2.75) is 13.1 Å². The van der Waals surface area contributed by atoms with Gasteiger partial charge in [0.1, 0.15) is 5.69 Å². The Morgan fingerprint density at radius 3 is 2.57 bits per heavy atom. The van der Waals surface area contributed by atoms with Crippen molar-refractivity contribution >= 4 is 21.8 Å². The zero-order valence-electron chi connectivity index (χ0n) is 12.1. The highest BCUT2D eigenvalue weighted by Crippen LogP contribution is 2.14. The summed E-state index contributed by atoms with van der Waals surface area (Å²) in [4.78, 5) is 18.4. The Morgan fingerprint density at radius 2 is 1.90 bits per heavy atom. The van der Waals surface area contributed by atoms with Gasteiger partial charge in [0.25, 0.3) is 5.91 Å². The van der Waals surface area contributed by atoms with E-state index in [2.05, 4.69) is 37.2 Å². The van der Waals surface area contributed by atoms with E-state index in [-0.39, 0.29) is 5.91 Å². The molecule has 0 aliphatic rings. The second-order valence-electron chi connectivity index (χ2n) is 5.02. The largest absolute Gasteiger partial charge is 0.347 e. The quantitative estimate of drug-likeness (QED) is 0.904. The molecule has 0 saturated heterocycles. The molecular weight excluding hydrogens is 330 g/mol. The lowest BCUT2D eigenvalue weighted by atomic mass is 10.1. The molecule has 0 aliphatic heterocycles. The van der Waals surface area contributed by atoms with Crippen molar-refractivity contribution in [1.29, 1.82) is 0 Å². The fraction of sp³-hybridized carbons (Fsp3) is 0.250. The molecule has 21 heavy (non-hydrogen) atoms. The Bertz CT molecular complexity index is 628. The maximum Gasteiger partial charge on any atom is 0.271 e. The first-order chi connectivity index (χ1) is 10.1. The van der Waals surface area contributed by atoms with Crippen LogP contribution in [0.2, 0.25) is 0 Å². The van der Waals surface area contributed by atoms with Crippen molar-refractivity contribution in [3.63, 3.8) is 0 Å². The molecule has 0 radical (unpaired) electrons. The number of halogens is 1. The van der Waals surface area contributed by atoms with Gasteiger partial charge in [-0.05, 0) is 53.3 Å². The minimum atomic E-state index is -0.179. The van der Waals surface area contributed by atoms with E-state index in [0.717, 1.165) is 12.1 Å². The van der Waals surface area contributed by atoms with Gasteiger partial charge in [-0.3, -0.25) is 4.79 Å². The SMILES string of the molecule is CN(C)Cc1ccccc1CNC(=O)c1ncccc1Br. The summed E-state index contributed by atoms with van der Waals surface area (Å²) in [6.45, 7) is 1.34. The molecule has 1 aromatic carbocycles. The van der Waals surface area contributed by atoms with E-state index in [1.165, 1.54) is 5.56 Å². The molecule has 4 nitrogen and oxygen atoms in total. The molecule has 0 aliphatic carbocycles. The molecule has 0 fully saturated rings. The van der Waals surface area contributed by atoms with Gasteiger partial charge in [0.2, 0.25) is 0 Å². The van der Waals surface area contributed by atoms with Crippen LogP contribution in [0.3, 0.4) is 0 Å². The average molecular weight is 348 g/mol. The number of pyridine rings is 1. The van der Waals surface area contributed by atoms with Gasteiger partial charge in [0.05, 0.1) is 0 Å².